The third-order valence-corrected chi connectivity index (χ3v) is 4.87. The van der Waals surface area contributed by atoms with E-state index < -0.39 is 0 Å². The van der Waals surface area contributed by atoms with Crippen molar-refractivity contribution in [2.45, 2.75) is 25.1 Å². The van der Waals surface area contributed by atoms with Crippen LogP contribution in [0.25, 0.3) is 11.5 Å². The van der Waals surface area contributed by atoms with E-state index in [-0.39, 0.29) is 17.7 Å². The average Bonchev–Trinajstić information content (AvgIpc) is 3.27. The Morgan fingerprint density at radius 1 is 1.24 bits per heavy atom. The molecule has 3 aromatic rings. The number of aryl methyl sites for hydroxylation is 1. The Balaban J connectivity index is 1.59. The van der Waals surface area contributed by atoms with Gasteiger partial charge in [0.05, 0.1) is 23.6 Å². The first-order valence-electron chi connectivity index (χ1n) is 7.87. The molecule has 2 heterocycles. The Morgan fingerprint density at radius 3 is 2.68 bits per heavy atom. The van der Waals surface area contributed by atoms with E-state index in [0.717, 1.165) is 11.1 Å². The van der Waals surface area contributed by atoms with E-state index in [1.54, 1.807) is 24.3 Å². The zero-order valence-electron chi connectivity index (χ0n) is 14.3. The van der Waals surface area contributed by atoms with Crippen molar-refractivity contribution in [2.24, 2.45) is 0 Å². The normalized spacial score (nSPS) is 12.1. The molecule has 130 valence electrons. The van der Waals surface area contributed by atoms with Gasteiger partial charge in [0.2, 0.25) is 5.91 Å². The number of rotatable bonds is 6. The summed E-state index contributed by atoms with van der Waals surface area (Å²) >= 11 is 1.23. The molecule has 7 heteroatoms. The third-order valence-electron chi connectivity index (χ3n) is 4.07. The molecule has 0 bridgehead atoms. The topological polar surface area (TPSA) is 72.4 Å². The summed E-state index contributed by atoms with van der Waals surface area (Å²) in [5, 5.41) is 8.35. The van der Waals surface area contributed by atoms with Crippen LogP contribution in [-0.4, -0.2) is 33.8 Å². The molecule has 0 radical (unpaired) electrons. The number of aromatic nitrogens is 2. The van der Waals surface area contributed by atoms with Crippen molar-refractivity contribution in [1.29, 1.82) is 0 Å². The fraction of sp³-hybridized carbons (Fsp3) is 0.278. The maximum absolute atomic E-state index is 12.4. The Bertz CT molecular complexity index is 844. The van der Waals surface area contributed by atoms with Crippen molar-refractivity contribution in [2.75, 3.05) is 12.8 Å². The smallest absolute Gasteiger partial charge is 0.277 e. The predicted molar refractivity (Wildman–Crippen MR) is 95.1 cm³/mol. The van der Waals surface area contributed by atoms with Gasteiger partial charge in [-0.15, -0.1) is 10.2 Å². The lowest BCUT2D eigenvalue weighted by Gasteiger charge is -2.25. The summed E-state index contributed by atoms with van der Waals surface area (Å²) in [6.07, 6.45) is 1.57. The van der Waals surface area contributed by atoms with Crippen molar-refractivity contribution in [3.63, 3.8) is 0 Å². The summed E-state index contributed by atoms with van der Waals surface area (Å²) in [5.74, 6) is 1.35. The average molecular weight is 357 g/mol. The van der Waals surface area contributed by atoms with Crippen LogP contribution in [0.3, 0.4) is 0 Å². The number of hydrogen-bond donors (Lipinski definition) is 0. The van der Waals surface area contributed by atoms with Crippen molar-refractivity contribution in [1.82, 2.24) is 15.1 Å². The zero-order chi connectivity index (χ0) is 17.8. The van der Waals surface area contributed by atoms with Gasteiger partial charge >= 0.3 is 0 Å². The molecule has 0 aliphatic carbocycles. The Labute approximate surface area is 150 Å². The van der Waals surface area contributed by atoms with Crippen LogP contribution < -0.4 is 0 Å². The number of benzene rings is 1. The van der Waals surface area contributed by atoms with Gasteiger partial charge in [-0.3, -0.25) is 4.79 Å². The Morgan fingerprint density at radius 2 is 2.00 bits per heavy atom. The van der Waals surface area contributed by atoms with Gasteiger partial charge in [-0.2, -0.15) is 0 Å². The van der Waals surface area contributed by atoms with Crippen LogP contribution in [0.2, 0.25) is 0 Å². The number of carbonyl (C=O) groups excluding carboxylic acids is 1. The van der Waals surface area contributed by atoms with Crippen LogP contribution in [0.15, 0.2) is 56.7 Å². The van der Waals surface area contributed by atoms with Gasteiger partial charge in [0, 0.05) is 7.05 Å². The number of amides is 1. The van der Waals surface area contributed by atoms with E-state index >= 15 is 0 Å². The number of thioether (sulfide) groups is 1. The molecule has 25 heavy (non-hydrogen) atoms. The molecule has 1 atom stereocenters. The van der Waals surface area contributed by atoms with Crippen LogP contribution in [0.4, 0.5) is 0 Å². The zero-order valence-corrected chi connectivity index (χ0v) is 15.1. The standard InChI is InChI=1S/C18H19N3O3S/c1-12(14-7-5-4-6-8-14)21(3)16(22)11-25-18-20-19-17(24-18)15-9-10-23-13(15)2/h4-10,12H,11H2,1-3H3/t12-/m0/s1. The van der Waals surface area contributed by atoms with E-state index in [1.165, 1.54) is 11.8 Å². The second-order valence-electron chi connectivity index (χ2n) is 5.64. The lowest BCUT2D eigenvalue weighted by Crippen LogP contribution is -2.31. The highest BCUT2D eigenvalue weighted by molar-refractivity contribution is 7.99. The number of nitrogens with zero attached hydrogens (tertiary/aromatic N) is 3. The quantitative estimate of drug-likeness (QED) is 0.622. The van der Waals surface area contributed by atoms with Crippen molar-refractivity contribution < 1.29 is 13.6 Å². The van der Waals surface area contributed by atoms with E-state index in [2.05, 4.69) is 10.2 Å². The number of hydrogen-bond acceptors (Lipinski definition) is 6. The molecule has 6 nitrogen and oxygen atoms in total. The SMILES string of the molecule is Cc1occc1-c1nnc(SCC(=O)N(C)[C@@H](C)c2ccccc2)o1. The van der Waals surface area contributed by atoms with Gasteiger partial charge in [0.1, 0.15) is 5.76 Å². The lowest BCUT2D eigenvalue weighted by atomic mass is 10.1. The maximum Gasteiger partial charge on any atom is 0.277 e. The molecular formula is C18H19N3O3S. The fourth-order valence-electron chi connectivity index (χ4n) is 2.38. The van der Waals surface area contributed by atoms with Gasteiger partial charge in [-0.1, -0.05) is 42.1 Å². The Kier molecular flexibility index (Phi) is 5.23. The molecule has 2 aromatic heterocycles. The van der Waals surface area contributed by atoms with Crippen LogP contribution in [0.1, 0.15) is 24.3 Å². The highest BCUT2D eigenvalue weighted by Crippen LogP contribution is 2.27. The summed E-state index contributed by atoms with van der Waals surface area (Å²) in [6, 6.07) is 11.7. The molecule has 0 fully saturated rings. The molecule has 1 aromatic carbocycles. The van der Waals surface area contributed by atoms with Crippen molar-refractivity contribution in [3.05, 3.63) is 54.0 Å². The molecular weight excluding hydrogens is 338 g/mol. The summed E-state index contributed by atoms with van der Waals surface area (Å²) < 4.78 is 10.8. The molecule has 1 amide bonds. The monoisotopic (exact) mass is 357 g/mol. The first kappa shape index (κ1) is 17.3. The lowest BCUT2D eigenvalue weighted by molar-refractivity contribution is -0.128. The molecule has 0 saturated heterocycles. The van der Waals surface area contributed by atoms with Gasteiger partial charge in [-0.25, -0.2) is 0 Å². The van der Waals surface area contributed by atoms with E-state index in [0.29, 0.717) is 16.9 Å². The number of carbonyl (C=O) groups is 1. The molecule has 0 N–H and O–H groups in total. The van der Waals surface area contributed by atoms with Gasteiger partial charge in [0.15, 0.2) is 0 Å². The van der Waals surface area contributed by atoms with Gasteiger partial charge < -0.3 is 13.7 Å². The highest BCUT2D eigenvalue weighted by Gasteiger charge is 2.19. The molecule has 0 saturated carbocycles. The molecule has 0 unspecified atom stereocenters. The molecule has 0 aliphatic rings. The second kappa shape index (κ2) is 7.57. The summed E-state index contributed by atoms with van der Waals surface area (Å²) in [5.41, 5.74) is 1.86. The summed E-state index contributed by atoms with van der Waals surface area (Å²) in [6.45, 7) is 3.83. The van der Waals surface area contributed by atoms with Crippen LogP contribution in [0, 0.1) is 6.92 Å². The molecule has 0 aliphatic heterocycles. The van der Waals surface area contributed by atoms with E-state index in [9.17, 15) is 4.79 Å². The minimum absolute atomic E-state index is 0.000551. The molecule has 0 spiro atoms. The molecule has 3 rings (SSSR count). The van der Waals surface area contributed by atoms with Crippen molar-refractivity contribution in [3.8, 4) is 11.5 Å². The third kappa shape index (κ3) is 3.93. The van der Waals surface area contributed by atoms with Crippen LogP contribution in [0.5, 0.6) is 0 Å². The largest absolute Gasteiger partial charge is 0.469 e. The van der Waals surface area contributed by atoms with Gasteiger partial charge in [-0.05, 0) is 25.5 Å². The highest BCUT2D eigenvalue weighted by atomic mass is 32.2. The minimum Gasteiger partial charge on any atom is -0.469 e. The van der Waals surface area contributed by atoms with Crippen molar-refractivity contribution >= 4 is 17.7 Å². The van der Waals surface area contributed by atoms with E-state index in [1.807, 2.05) is 44.2 Å². The van der Waals surface area contributed by atoms with Crippen LogP contribution in [-0.2, 0) is 4.79 Å². The summed E-state index contributed by atoms with van der Waals surface area (Å²) in [7, 11) is 1.80. The number of furan rings is 1. The first-order valence-corrected chi connectivity index (χ1v) is 8.86. The first-order chi connectivity index (χ1) is 12.1. The van der Waals surface area contributed by atoms with Crippen LogP contribution >= 0.6 is 11.8 Å². The van der Waals surface area contributed by atoms with Gasteiger partial charge in [0.25, 0.3) is 11.1 Å². The fourth-order valence-corrected chi connectivity index (χ4v) is 3.07. The van der Waals surface area contributed by atoms with E-state index in [4.69, 9.17) is 8.83 Å². The Hall–Kier alpha value is -2.54. The summed E-state index contributed by atoms with van der Waals surface area (Å²) in [4.78, 5) is 14.1. The maximum atomic E-state index is 12.4. The predicted octanol–water partition coefficient (Wildman–Crippen LogP) is 3.95. The second-order valence-corrected chi connectivity index (χ2v) is 6.57. The minimum atomic E-state index is 0.000551.